The second kappa shape index (κ2) is 4.86. The topological polar surface area (TPSA) is 25.8 Å². The number of nitrogens with zero attached hydrogens (tertiary/aromatic N) is 2. The van der Waals surface area contributed by atoms with Crippen LogP contribution in [0.5, 0.6) is 0 Å². The van der Waals surface area contributed by atoms with Crippen LogP contribution < -0.4 is 0 Å². The Balaban J connectivity index is 2.44. The molecule has 0 radical (unpaired) electrons. The van der Waals surface area contributed by atoms with Gasteiger partial charge in [0.2, 0.25) is 0 Å². The average molecular weight is 264 g/mol. The van der Waals surface area contributed by atoms with Gasteiger partial charge in [-0.3, -0.25) is 0 Å². The van der Waals surface area contributed by atoms with Crippen LogP contribution in [-0.2, 0) is 6.42 Å². The lowest BCUT2D eigenvalue weighted by molar-refractivity contribution is 0.650. The molecule has 3 aromatic rings. The van der Waals surface area contributed by atoms with Gasteiger partial charge in [0, 0.05) is 16.5 Å². The van der Waals surface area contributed by atoms with Crippen LogP contribution >= 0.6 is 0 Å². The number of rotatable bonds is 2. The maximum atomic E-state index is 4.72. The first-order valence-corrected chi connectivity index (χ1v) is 7.22. The lowest BCUT2D eigenvalue weighted by Crippen LogP contribution is -1.98. The highest BCUT2D eigenvalue weighted by Gasteiger charge is 2.10. The average Bonchev–Trinajstić information content (AvgIpc) is 2.37. The van der Waals surface area contributed by atoms with Crippen molar-refractivity contribution in [2.75, 3.05) is 0 Å². The van der Waals surface area contributed by atoms with Crippen LogP contribution in [0.4, 0.5) is 0 Å². The van der Waals surface area contributed by atoms with Gasteiger partial charge >= 0.3 is 0 Å². The molecular weight excluding hydrogens is 244 g/mol. The van der Waals surface area contributed by atoms with E-state index in [9.17, 15) is 0 Å². The molecule has 102 valence electrons. The van der Waals surface area contributed by atoms with E-state index < -0.39 is 0 Å². The van der Waals surface area contributed by atoms with Crippen LogP contribution in [0.1, 0.15) is 30.9 Å². The summed E-state index contributed by atoms with van der Waals surface area (Å²) in [5.41, 5.74) is 3.55. The zero-order valence-corrected chi connectivity index (χ0v) is 12.6. The minimum Gasteiger partial charge on any atom is -0.238 e. The third-order valence-electron chi connectivity index (χ3n) is 3.73. The molecule has 0 N–H and O–H groups in total. The van der Waals surface area contributed by atoms with Crippen molar-refractivity contribution >= 4 is 21.7 Å². The Morgan fingerprint density at radius 3 is 2.55 bits per heavy atom. The first-order valence-electron chi connectivity index (χ1n) is 7.22. The quantitative estimate of drug-likeness (QED) is 0.632. The molecule has 0 saturated carbocycles. The summed E-state index contributed by atoms with van der Waals surface area (Å²) in [7, 11) is 0. The van der Waals surface area contributed by atoms with E-state index >= 15 is 0 Å². The maximum absolute atomic E-state index is 4.72. The number of hydrogen-bond acceptors (Lipinski definition) is 2. The third-order valence-corrected chi connectivity index (χ3v) is 3.73. The van der Waals surface area contributed by atoms with E-state index in [2.05, 4.69) is 56.1 Å². The van der Waals surface area contributed by atoms with E-state index in [1.807, 2.05) is 6.92 Å². The molecule has 0 aliphatic rings. The molecular formula is C18H20N2. The number of aryl methyl sites for hydroxylation is 2. The van der Waals surface area contributed by atoms with Crippen molar-refractivity contribution in [1.29, 1.82) is 0 Å². The summed E-state index contributed by atoms with van der Waals surface area (Å²) >= 11 is 0. The van der Waals surface area contributed by atoms with E-state index in [1.165, 1.54) is 21.7 Å². The molecule has 0 aliphatic carbocycles. The molecule has 2 heteroatoms. The smallest absolute Gasteiger partial charge is 0.126 e. The highest BCUT2D eigenvalue weighted by molar-refractivity contribution is 6.07. The SMILES string of the molecule is Cc1nc(C)c2ccc3cccc(CC(C)C)c3c2n1. The predicted molar refractivity (Wildman–Crippen MR) is 85.1 cm³/mol. The summed E-state index contributed by atoms with van der Waals surface area (Å²) in [6, 6.07) is 10.9. The zero-order valence-electron chi connectivity index (χ0n) is 12.6. The standard InChI is InChI=1S/C18H20N2/c1-11(2)10-15-7-5-6-14-8-9-16-12(3)19-13(4)20-18(16)17(14)15/h5-9,11H,10H2,1-4H3. The summed E-state index contributed by atoms with van der Waals surface area (Å²) in [5, 5.41) is 3.74. The normalized spacial score (nSPS) is 11.7. The second-order valence-electron chi connectivity index (χ2n) is 5.93. The summed E-state index contributed by atoms with van der Waals surface area (Å²) in [4.78, 5) is 9.21. The monoisotopic (exact) mass is 264 g/mol. The molecule has 0 fully saturated rings. The number of aromatic nitrogens is 2. The molecule has 0 saturated heterocycles. The summed E-state index contributed by atoms with van der Waals surface area (Å²) in [5.74, 6) is 1.49. The fraction of sp³-hybridized carbons (Fsp3) is 0.333. The van der Waals surface area contributed by atoms with Crippen molar-refractivity contribution in [3.8, 4) is 0 Å². The predicted octanol–water partition coefficient (Wildman–Crippen LogP) is 4.60. The van der Waals surface area contributed by atoms with Crippen molar-refractivity contribution in [2.24, 2.45) is 5.92 Å². The molecule has 0 atom stereocenters. The minimum atomic E-state index is 0.639. The molecule has 0 unspecified atom stereocenters. The molecule has 1 aromatic heterocycles. The Kier molecular flexibility index (Phi) is 3.17. The first kappa shape index (κ1) is 13.0. The lowest BCUT2D eigenvalue weighted by Gasteiger charge is -2.12. The van der Waals surface area contributed by atoms with Crippen LogP contribution in [-0.4, -0.2) is 9.97 Å². The Morgan fingerprint density at radius 1 is 1.00 bits per heavy atom. The Labute approximate surface area is 119 Å². The third kappa shape index (κ3) is 2.15. The van der Waals surface area contributed by atoms with Gasteiger partial charge in [0.05, 0.1) is 5.52 Å². The van der Waals surface area contributed by atoms with Gasteiger partial charge in [-0.05, 0) is 37.1 Å². The van der Waals surface area contributed by atoms with Crippen LogP contribution in [0.15, 0.2) is 30.3 Å². The number of hydrogen-bond donors (Lipinski definition) is 0. The van der Waals surface area contributed by atoms with Crippen molar-refractivity contribution in [2.45, 2.75) is 34.1 Å². The van der Waals surface area contributed by atoms with Crippen LogP contribution in [0.2, 0.25) is 0 Å². The van der Waals surface area contributed by atoms with Crippen LogP contribution in [0.25, 0.3) is 21.7 Å². The van der Waals surface area contributed by atoms with E-state index in [-0.39, 0.29) is 0 Å². The highest BCUT2D eigenvalue weighted by Crippen LogP contribution is 2.29. The number of fused-ring (bicyclic) bond motifs is 3. The molecule has 2 aromatic carbocycles. The van der Waals surface area contributed by atoms with E-state index in [1.54, 1.807) is 0 Å². The molecule has 1 heterocycles. The van der Waals surface area contributed by atoms with Gasteiger partial charge in [0.15, 0.2) is 0 Å². The summed E-state index contributed by atoms with van der Waals surface area (Å²) in [6.07, 6.45) is 1.08. The molecule has 0 aliphatic heterocycles. The lowest BCUT2D eigenvalue weighted by atomic mass is 9.95. The van der Waals surface area contributed by atoms with Crippen LogP contribution in [0, 0.1) is 19.8 Å². The van der Waals surface area contributed by atoms with Crippen molar-refractivity contribution in [1.82, 2.24) is 9.97 Å². The molecule has 2 nitrogen and oxygen atoms in total. The van der Waals surface area contributed by atoms with Gasteiger partial charge in [0.1, 0.15) is 5.82 Å². The van der Waals surface area contributed by atoms with E-state index in [0.717, 1.165) is 23.5 Å². The molecule has 0 bridgehead atoms. The fourth-order valence-corrected chi connectivity index (χ4v) is 2.94. The first-order chi connectivity index (χ1) is 9.56. The molecule has 20 heavy (non-hydrogen) atoms. The van der Waals surface area contributed by atoms with Crippen LogP contribution in [0.3, 0.4) is 0 Å². The highest BCUT2D eigenvalue weighted by atomic mass is 14.9. The number of benzene rings is 2. The van der Waals surface area contributed by atoms with Gasteiger partial charge in [-0.25, -0.2) is 9.97 Å². The van der Waals surface area contributed by atoms with Crippen molar-refractivity contribution in [3.63, 3.8) is 0 Å². The van der Waals surface area contributed by atoms with Gasteiger partial charge in [-0.1, -0.05) is 44.2 Å². The Hall–Kier alpha value is -1.96. The fourth-order valence-electron chi connectivity index (χ4n) is 2.94. The van der Waals surface area contributed by atoms with Crippen molar-refractivity contribution in [3.05, 3.63) is 47.4 Å². The Bertz CT molecular complexity index is 788. The maximum Gasteiger partial charge on any atom is 0.126 e. The van der Waals surface area contributed by atoms with Gasteiger partial charge < -0.3 is 0 Å². The summed E-state index contributed by atoms with van der Waals surface area (Å²) < 4.78 is 0. The molecule has 3 rings (SSSR count). The minimum absolute atomic E-state index is 0.639. The van der Waals surface area contributed by atoms with Crippen molar-refractivity contribution < 1.29 is 0 Å². The van der Waals surface area contributed by atoms with Gasteiger partial charge in [-0.15, -0.1) is 0 Å². The molecule has 0 amide bonds. The van der Waals surface area contributed by atoms with Gasteiger partial charge in [-0.2, -0.15) is 0 Å². The Morgan fingerprint density at radius 2 is 1.80 bits per heavy atom. The van der Waals surface area contributed by atoms with Gasteiger partial charge in [0.25, 0.3) is 0 Å². The summed E-state index contributed by atoms with van der Waals surface area (Å²) in [6.45, 7) is 8.55. The molecule has 0 spiro atoms. The van der Waals surface area contributed by atoms with E-state index in [0.29, 0.717) is 5.92 Å². The zero-order chi connectivity index (χ0) is 14.3. The second-order valence-corrected chi connectivity index (χ2v) is 5.93. The largest absolute Gasteiger partial charge is 0.238 e. The van der Waals surface area contributed by atoms with E-state index in [4.69, 9.17) is 4.98 Å².